The summed E-state index contributed by atoms with van der Waals surface area (Å²) in [5.41, 5.74) is 2.22. The largest absolute Gasteiger partial charge is 0.263 e. The molecule has 0 aliphatic carbocycles. The van der Waals surface area contributed by atoms with Crippen LogP contribution in [0.2, 0.25) is 0 Å². The number of sulfonamides is 1. The molecule has 124 valence electrons. The van der Waals surface area contributed by atoms with E-state index in [0.717, 1.165) is 11.4 Å². The molecule has 3 aromatic rings. The Hall–Kier alpha value is -2.74. The number of hydrogen-bond donors (Lipinski definition) is 1. The van der Waals surface area contributed by atoms with Crippen molar-refractivity contribution >= 4 is 15.8 Å². The molecule has 0 amide bonds. The summed E-state index contributed by atoms with van der Waals surface area (Å²) in [6.45, 7) is 5.48. The minimum absolute atomic E-state index is 0.178. The second-order valence-electron chi connectivity index (χ2n) is 5.45. The lowest BCUT2D eigenvalue weighted by Gasteiger charge is -2.10. The van der Waals surface area contributed by atoms with Gasteiger partial charge in [0, 0.05) is 17.5 Å². The van der Waals surface area contributed by atoms with Gasteiger partial charge in [-0.15, -0.1) is 0 Å². The SMILES string of the molecule is Cc1cc(C)nc(-n2nc(C)cc2NS(=O)(=O)c2ccccc2)n1. The normalized spacial score (nSPS) is 11.5. The quantitative estimate of drug-likeness (QED) is 0.785. The second-order valence-corrected chi connectivity index (χ2v) is 7.13. The van der Waals surface area contributed by atoms with Crippen LogP contribution in [0, 0.1) is 20.8 Å². The Morgan fingerprint density at radius 1 is 0.917 bits per heavy atom. The van der Waals surface area contributed by atoms with Gasteiger partial charge in [0.2, 0.25) is 0 Å². The van der Waals surface area contributed by atoms with Crippen molar-refractivity contribution in [1.29, 1.82) is 0 Å². The van der Waals surface area contributed by atoms with E-state index in [1.807, 2.05) is 19.9 Å². The van der Waals surface area contributed by atoms with Crippen LogP contribution in [0.1, 0.15) is 17.1 Å². The topological polar surface area (TPSA) is 89.8 Å². The summed E-state index contributed by atoms with van der Waals surface area (Å²) in [6, 6.07) is 11.6. The number of benzene rings is 1. The Morgan fingerprint density at radius 2 is 1.54 bits per heavy atom. The molecule has 0 saturated carbocycles. The van der Waals surface area contributed by atoms with Gasteiger partial charge >= 0.3 is 0 Å². The molecule has 0 spiro atoms. The highest BCUT2D eigenvalue weighted by Crippen LogP contribution is 2.19. The monoisotopic (exact) mass is 343 g/mol. The van der Waals surface area contributed by atoms with Gasteiger partial charge in [-0.2, -0.15) is 9.78 Å². The molecule has 3 rings (SSSR count). The summed E-state index contributed by atoms with van der Waals surface area (Å²) in [6.07, 6.45) is 0. The highest BCUT2D eigenvalue weighted by Gasteiger charge is 2.19. The van der Waals surface area contributed by atoms with E-state index in [-0.39, 0.29) is 4.90 Å². The number of aryl methyl sites for hydroxylation is 3. The number of rotatable bonds is 4. The van der Waals surface area contributed by atoms with Crippen LogP contribution in [0.25, 0.3) is 5.95 Å². The first-order chi connectivity index (χ1) is 11.3. The van der Waals surface area contributed by atoms with Gasteiger partial charge in [0.25, 0.3) is 16.0 Å². The molecule has 24 heavy (non-hydrogen) atoms. The molecule has 1 N–H and O–H groups in total. The lowest BCUT2D eigenvalue weighted by Crippen LogP contribution is -2.17. The van der Waals surface area contributed by atoms with E-state index in [9.17, 15) is 8.42 Å². The molecule has 0 fully saturated rings. The van der Waals surface area contributed by atoms with Crippen LogP contribution in [-0.4, -0.2) is 28.2 Å². The number of aromatic nitrogens is 4. The molecule has 0 unspecified atom stereocenters. The number of nitrogens with one attached hydrogen (secondary N) is 1. The van der Waals surface area contributed by atoms with Crippen LogP contribution in [0.5, 0.6) is 0 Å². The lowest BCUT2D eigenvalue weighted by atomic mass is 10.4. The van der Waals surface area contributed by atoms with E-state index in [1.54, 1.807) is 31.2 Å². The minimum atomic E-state index is -3.72. The van der Waals surface area contributed by atoms with Crippen molar-refractivity contribution in [1.82, 2.24) is 19.7 Å². The molecule has 0 aliphatic heterocycles. The van der Waals surface area contributed by atoms with E-state index >= 15 is 0 Å². The van der Waals surface area contributed by atoms with Gasteiger partial charge in [-0.05, 0) is 39.0 Å². The molecule has 8 heteroatoms. The molecule has 0 radical (unpaired) electrons. The molecule has 0 aliphatic rings. The van der Waals surface area contributed by atoms with Crippen molar-refractivity contribution in [3.63, 3.8) is 0 Å². The maximum absolute atomic E-state index is 12.5. The van der Waals surface area contributed by atoms with Crippen LogP contribution in [0.3, 0.4) is 0 Å². The predicted octanol–water partition coefficient (Wildman–Crippen LogP) is 2.39. The summed E-state index contributed by atoms with van der Waals surface area (Å²) < 4.78 is 29.0. The van der Waals surface area contributed by atoms with Gasteiger partial charge in [-0.3, -0.25) is 4.72 Å². The summed E-state index contributed by atoms with van der Waals surface area (Å²) in [5, 5.41) is 4.31. The zero-order valence-electron chi connectivity index (χ0n) is 13.6. The summed E-state index contributed by atoms with van der Waals surface area (Å²) >= 11 is 0. The van der Waals surface area contributed by atoms with Crippen molar-refractivity contribution in [3.05, 3.63) is 59.5 Å². The van der Waals surface area contributed by atoms with Crippen molar-refractivity contribution in [2.75, 3.05) is 4.72 Å². The van der Waals surface area contributed by atoms with Crippen molar-refractivity contribution in [2.45, 2.75) is 25.7 Å². The molecule has 2 heterocycles. The molecule has 0 atom stereocenters. The maximum Gasteiger partial charge on any atom is 0.263 e. The molecule has 2 aromatic heterocycles. The lowest BCUT2D eigenvalue weighted by molar-refractivity contribution is 0.600. The van der Waals surface area contributed by atoms with E-state index < -0.39 is 10.0 Å². The Morgan fingerprint density at radius 3 is 2.17 bits per heavy atom. The summed E-state index contributed by atoms with van der Waals surface area (Å²) in [7, 11) is -3.72. The van der Waals surface area contributed by atoms with Gasteiger partial charge < -0.3 is 0 Å². The van der Waals surface area contributed by atoms with Crippen LogP contribution < -0.4 is 4.72 Å². The highest BCUT2D eigenvalue weighted by atomic mass is 32.2. The van der Waals surface area contributed by atoms with Crippen LogP contribution in [0.4, 0.5) is 5.82 Å². The van der Waals surface area contributed by atoms with Crippen molar-refractivity contribution in [3.8, 4) is 5.95 Å². The third-order valence-corrected chi connectivity index (χ3v) is 4.65. The first kappa shape index (κ1) is 16.1. The average molecular weight is 343 g/mol. The zero-order chi connectivity index (χ0) is 17.3. The van der Waals surface area contributed by atoms with Gasteiger partial charge in [-0.25, -0.2) is 18.4 Å². The van der Waals surface area contributed by atoms with Crippen molar-refractivity contribution in [2.24, 2.45) is 0 Å². The zero-order valence-corrected chi connectivity index (χ0v) is 14.4. The molecule has 7 nitrogen and oxygen atoms in total. The van der Waals surface area contributed by atoms with Gasteiger partial charge in [0.15, 0.2) is 0 Å². The molecular formula is C16H17N5O2S. The summed E-state index contributed by atoms with van der Waals surface area (Å²) in [4.78, 5) is 8.85. The smallest absolute Gasteiger partial charge is 0.263 e. The average Bonchev–Trinajstić information content (AvgIpc) is 2.87. The third-order valence-electron chi connectivity index (χ3n) is 3.28. The van der Waals surface area contributed by atoms with Crippen LogP contribution >= 0.6 is 0 Å². The Kier molecular flexibility index (Phi) is 4.06. The number of anilines is 1. The molecule has 1 aromatic carbocycles. The van der Waals surface area contributed by atoms with E-state index in [2.05, 4.69) is 19.8 Å². The fraction of sp³-hybridized carbons (Fsp3) is 0.188. The summed E-state index contributed by atoms with van der Waals surface area (Å²) in [5.74, 6) is 0.618. The van der Waals surface area contributed by atoms with Crippen LogP contribution in [0.15, 0.2) is 47.4 Å². The standard InChI is InChI=1S/C16H17N5O2S/c1-11-9-12(2)18-16(17-11)21-15(10-13(3)19-21)20-24(22,23)14-7-5-4-6-8-14/h4-10,20H,1-3H3. The van der Waals surface area contributed by atoms with E-state index in [1.165, 1.54) is 16.8 Å². The number of nitrogens with zero attached hydrogens (tertiary/aromatic N) is 4. The fourth-order valence-corrected chi connectivity index (χ4v) is 3.38. The maximum atomic E-state index is 12.5. The highest BCUT2D eigenvalue weighted by molar-refractivity contribution is 7.92. The predicted molar refractivity (Wildman–Crippen MR) is 90.6 cm³/mol. The second kappa shape index (κ2) is 6.04. The van der Waals surface area contributed by atoms with Crippen molar-refractivity contribution < 1.29 is 8.42 Å². The minimum Gasteiger partial charge on any atom is -0.263 e. The van der Waals surface area contributed by atoms with Gasteiger partial charge in [-0.1, -0.05) is 18.2 Å². The van der Waals surface area contributed by atoms with Gasteiger partial charge in [0.1, 0.15) is 5.82 Å². The molecule has 0 bridgehead atoms. The Bertz CT molecular complexity index is 961. The number of hydrogen-bond acceptors (Lipinski definition) is 5. The Balaban J connectivity index is 2.04. The van der Waals surface area contributed by atoms with E-state index in [0.29, 0.717) is 17.5 Å². The van der Waals surface area contributed by atoms with Gasteiger partial charge in [0.05, 0.1) is 10.6 Å². The Labute approximate surface area is 140 Å². The molecule has 0 saturated heterocycles. The fourth-order valence-electron chi connectivity index (χ4n) is 2.32. The van der Waals surface area contributed by atoms with E-state index in [4.69, 9.17) is 0 Å². The van der Waals surface area contributed by atoms with Crippen LogP contribution in [-0.2, 0) is 10.0 Å². The first-order valence-corrected chi connectivity index (χ1v) is 8.81. The third kappa shape index (κ3) is 3.28. The first-order valence-electron chi connectivity index (χ1n) is 7.32. The molecular weight excluding hydrogens is 326 g/mol.